The number of Topliss-reactive ketones (excluding diaryl/α,β-unsaturated/α-hetero) is 2. The summed E-state index contributed by atoms with van der Waals surface area (Å²) in [6, 6.07) is 12.1. The van der Waals surface area contributed by atoms with Gasteiger partial charge in [-0.25, -0.2) is 0 Å². The van der Waals surface area contributed by atoms with Crippen LogP contribution in [0.1, 0.15) is 26.3 Å². The minimum Gasteiger partial charge on any atom is -0.507 e. The van der Waals surface area contributed by atoms with Crippen molar-refractivity contribution in [2.45, 2.75) is 6.54 Å². The molecule has 9 heteroatoms. The normalized spacial score (nSPS) is 17.8. The Morgan fingerprint density at radius 2 is 1.72 bits per heavy atom. The second kappa shape index (κ2) is 8.39. The fourth-order valence-electron chi connectivity index (χ4n) is 4.99. The lowest BCUT2D eigenvalue weighted by atomic mass is 9.88. The third kappa shape index (κ3) is 3.39. The topological polar surface area (TPSA) is 106 Å². The molecule has 0 radical (unpaired) electrons. The zero-order valence-electron chi connectivity index (χ0n) is 19.6. The number of allylic oxidation sites excluding steroid dienone is 2. The summed E-state index contributed by atoms with van der Waals surface area (Å²) in [4.78, 5) is 37.8. The van der Waals surface area contributed by atoms with Crippen molar-refractivity contribution in [3.8, 4) is 17.2 Å². The van der Waals surface area contributed by atoms with Gasteiger partial charge in [0.05, 0.1) is 35.2 Å². The highest BCUT2D eigenvalue weighted by Gasteiger charge is 2.44. The molecule has 2 aliphatic heterocycles. The van der Waals surface area contributed by atoms with Crippen LogP contribution in [0.4, 0.5) is 11.4 Å². The molecule has 182 valence electrons. The summed E-state index contributed by atoms with van der Waals surface area (Å²) < 4.78 is 6.08. The number of piperazine rings is 1. The molecule has 3 aromatic rings. The molecule has 9 nitrogen and oxygen atoms in total. The molecule has 3 aliphatic rings. The Kier molecular flexibility index (Phi) is 5.15. The molecule has 6 rings (SSSR count). The van der Waals surface area contributed by atoms with Crippen LogP contribution in [0.15, 0.2) is 66.3 Å². The van der Waals surface area contributed by atoms with Crippen molar-refractivity contribution in [2.75, 3.05) is 43.0 Å². The van der Waals surface area contributed by atoms with Crippen LogP contribution < -0.4 is 14.5 Å². The second-order valence-electron chi connectivity index (χ2n) is 9.15. The molecule has 1 aromatic heterocycles. The number of nitrogens with zero attached hydrogens (tertiary/aromatic N) is 4. The molecule has 36 heavy (non-hydrogen) atoms. The fraction of sp³-hybridized carbons (Fsp3) is 0.222. The Hall–Kier alpha value is -4.37. The monoisotopic (exact) mass is 484 g/mol. The minimum atomic E-state index is -0.658. The number of rotatable bonds is 2. The van der Waals surface area contributed by atoms with E-state index >= 15 is 0 Å². The number of phenolic OH excluding ortho intramolecular Hbond substituents is 2. The molecule has 1 fully saturated rings. The second-order valence-corrected chi connectivity index (χ2v) is 9.15. The van der Waals surface area contributed by atoms with Crippen molar-refractivity contribution in [1.82, 2.24) is 9.88 Å². The number of aromatic hydroxyl groups is 2. The first-order valence-corrected chi connectivity index (χ1v) is 11.7. The van der Waals surface area contributed by atoms with Gasteiger partial charge in [0.15, 0.2) is 5.75 Å². The summed E-state index contributed by atoms with van der Waals surface area (Å²) >= 11 is 0. The van der Waals surface area contributed by atoms with Crippen molar-refractivity contribution in [3.63, 3.8) is 0 Å². The van der Waals surface area contributed by atoms with Crippen LogP contribution in [0.3, 0.4) is 0 Å². The molecule has 0 spiro atoms. The number of carbonyl (C=O) groups excluding carboxylic acids is 2. The molecule has 2 N–H and O–H groups in total. The van der Waals surface area contributed by atoms with Crippen molar-refractivity contribution in [3.05, 3.63) is 83.0 Å². The molecule has 2 aromatic carbocycles. The van der Waals surface area contributed by atoms with Crippen LogP contribution in [0.5, 0.6) is 17.2 Å². The molecule has 0 saturated carbocycles. The van der Waals surface area contributed by atoms with Crippen LogP contribution >= 0.6 is 0 Å². The van der Waals surface area contributed by atoms with Gasteiger partial charge in [0.25, 0.3) is 0 Å². The van der Waals surface area contributed by atoms with Crippen LogP contribution in [-0.4, -0.2) is 64.9 Å². The van der Waals surface area contributed by atoms with Crippen LogP contribution in [0.2, 0.25) is 0 Å². The van der Waals surface area contributed by atoms with Gasteiger partial charge in [-0.15, -0.1) is 0 Å². The van der Waals surface area contributed by atoms with Gasteiger partial charge in [-0.05, 0) is 25.2 Å². The maximum atomic E-state index is 13.9. The van der Waals surface area contributed by atoms with E-state index in [1.54, 1.807) is 41.6 Å². The average molecular weight is 485 g/mol. The summed E-state index contributed by atoms with van der Waals surface area (Å²) in [6.07, 6.45) is 3.22. The van der Waals surface area contributed by atoms with Crippen LogP contribution in [0.25, 0.3) is 0 Å². The van der Waals surface area contributed by atoms with Gasteiger partial charge in [-0.1, -0.05) is 18.2 Å². The van der Waals surface area contributed by atoms with Gasteiger partial charge in [-0.3, -0.25) is 14.6 Å². The van der Waals surface area contributed by atoms with Gasteiger partial charge in [0.2, 0.25) is 17.3 Å². The number of para-hydroxylation sites is 1. The molecule has 0 atom stereocenters. The first kappa shape index (κ1) is 22.1. The molecule has 3 heterocycles. The summed E-state index contributed by atoms with van der Waals surface area (Å²) in [5.74, 6) is -1.68. The lowest BCUT2D eigenvalue weighted by molar-refractivity contribution is 0.0931. The van der Waals surface area contributed by atoms with Gasteiger partial charge in [0, 0.05) is 44.0 Å². The number of likely N-dealkylation sites (N-methyl/N-ethyl adjacent to an activating group) is 1. The molecule has 0 bridgehead atoms. The Morgan fingerprint density at radius 1 is 0.944 bits per heavy atom. The van der Waals surface area contributed by atoms with E-state index in [0.717, 1.165) is 18.7 Å². The third-order valence-electron chi connectivity index (χ3n) is 6.93. The Balaban J connectivity index is 1.53. The van der Waals surface area contributed by atoms with Crippen molar-refractivity contribution < 1.29 is 24.5 Å². The van der Waals surface area contributed by atoms with Gasteiger partial charge >= 0.3 is 0 Å². The number of aromatic nitrogens is 1. The van der Waals surface area contributed by atoms with Gasteiger partial charge < -0.3 is 29.6 Å². The van der Waals surface area contributed by atoms with Crippen molar-refractivity contribution >= 4 is 22.9 Å². The summed E-state index contributed by atoms with van der Waals surface area (Å²) in [5, 5.41) is 22.3. The number of hydrogen-bond acceptors (Lipinski definition) is 9. The molecular formula is C27H24N4O5. The number of carbonyl (C=O) groups is 2. The maximum absolute atomic E-state index is 13.9. The third-order valence-corrected chi connectivity index (χ3v) is 6.93. The lowest BCUT2D eigenvalue weighted by Gasteiger charge is -2.35. The summed E-state index contributed by atoms with van der Waals surface area (Å²) in [6.45, 7) is 2.99. The predicted octanol–water partition coefficient (Wildman–Crippen LogP) is 2.93. The molecule has 1 saturated heterocycles. The Labute approximate surface area is 207 Å². The minimum absolute atomic E-state index is 0.00116. The van der Waals surface area contributed by atoms with Crippen molar-refractivity contribution in [1.29, 1.82) is 0 Å². The number of hydrogen-bond donors (Lipinski definition) is 2. The molecular weight excluding hydrogens is 460 g/mol. The van der Waals surface area contributed by atoms with E-state index in [0.29, 0.717) is 30.2 Å². The predicted molar refractivity (Wildman–Crippen MR) is 133 cm³/mol. The lowest BCUT2D eigenvalue weighted by Crippen LogP contribution is -2.44. The fourth-order valence-corrected chi connectivity index (χ4v) is 4.99. The Bertz CT molecular complexity index is 1430. The zero-order chi connectivity index (χ0) is 25.0. The highest BCUT2D eigenvalue weighted by molar-refractivity contribution is 6.30. The van der Waals surface area contributed by atoms with E-state index in [1.165, 1.54) is 6.07 Å². The summed E-state index contributed by atoms with van der Waals surface area (Å²) in [5.41, 5.74) is 1.22. The van der Waals surface area contributed by atoms with Crippen LogP contribution in [0, 0.1) is 0 Å². The number of fused-ring (bicyclic) bond motifs is 2. The average Bonchev–Trinajstić information content (AvgIpc) is 3.07. The van der Waals surface area contributed by atoms with Crippen molar-refractivity contribution in [2.24, 2.45) is 0 Å². The zero-order valence-corrected chi connectivity index (χ0v) is 19.6. The number of anilines is 2. The molecule has 1 aliphatic carbocycles. The number of phenols is 2. The first-order chi connectivity index (χ1) is 17.4. The largest absolute Gasteiger partial charge is 0.507 e. The summed E-state index contributed by atoms with van der Waals surface area (Å²) in [7, 11) is 2.01. The smallest absolute Gasteiger partial charge is 0.235 e. The Morgan fingerprint density at radius 3 is 2.47 bits per heavy atom. The highest BCUT2D eigenvalue weighted by Crippen LogP contribution is 2.46. The SMILES string of the molecule is CN1CCN(c2cc(O)c3c(c2O)C(=O)C2=C(C3=O)N(c3cccnc3)Cc3ccccc3O2)CC1. The molecule has 0 amide bonds. The highest BCUT2D eigenvalue weighted by atomic mass is 16.5. The van der Waals surface area contributed by atoms with E-state index in [4.69, 9.17) is 4.74 Å². The standard InChI is InChI=1S/C27H24N4O5/c1-29-9-11-30(12-10-29)18-13-19(32)21-22(24(18)33)26(35)27-23(25(21)34)31(17-6-4-8-28-14-17)15-16-5-2-3-7-20(16)36-27/h2-8,13-14,32-33H,9-12,15H2,1H3. The van der Waals surface area contributed by atoms with E-state index in [-0.39, 0.29) is 40.6 Å². The van der Waals surface area contributed by atoms with E-state index < -0.39 is 11.6 Å². The van der Waals surface area contributed by atoms with Gasteiger partial charge in [-0.2, -0.15) is 0 Å². The van der Waals surface area contributed by atoms with Gasteiger partial charge in [0.1, 0.15) is 17.2 Å². The first-order valence-electron chi connectivity index (χ1n) is 11.7. The quantitative estimate of drug-likeness (QED) is 0.531. The molecule has 0 unspecified atom stereocenters. The number of pyridine rings is 1. The number of ketones is 2. The number of benzene rings is 2. The van der Waals surface area contributed by atoms with Crippen LogP contribution in [-0.2, 0) is 6.54 Å². The van der Waals surface area contributed by atoms with E-state index in [9.17, 15) is 19.8 Å². The van der Waals surface area contributed by atoms with E-state index in [1.807, 2.05) is 24.1 Å². The van der Waals surface area contributed by atoms with E-state index in [2.05, 4.69) is 9.88 Å². The number of ether oxygens (including phenoxy) is 1. The maximum Gasteiger partial charge on any atom is 0.235 e.